The van der Waals surface area contributed by atoms with Crippen LogP contribution in [0.4, 0.5) is 11.4 Å². The predicted molar refractivity (Wildman–Crippen MR) is 104 cm³/mol. The molecule has 1 N–H and O–H groups in total. The quantitative estimate of drug-likeness (QED) is 0.844. The number of morpholine rings is 1. The van der Waals surface area contributed by atoms with Gasteiger partial charge >= 0.3 is 0 Å². The molecule has 0 atom stereocenters. The Kier molecular flexibility index (Phi) is 6.38. The maximum atomic E-state index is 12.5. The van der Waals surface area contributed by atoms with Gasteiger partial charge in [-0.25, -0.2) is 0 Å². The highest BCUT2D eigenvalue weighted by Gasteiger charge is 2.18. The van der Waals surface area contributed by atoms with E-state index in [1.807, 2.05) is 31.2 Å². The zero-order valence-corrected chi connectivity index (χ0v) is 15.4. The monoisotopic (exact) mass is 368 g/mol. The van der Waals surface area contributed by atoms with E-state index in [0.29, 0.717) is 17.9 Å². The molecular weight excluding hydrogens is 344 g/mol. The van der Waals surface area contributed by atoms with Gasteiger partial charge < -0.3 is 19.9 Å². The van der Waals surface area contributed by atoms with Gasteiger partial charge in [0, 0.05) is 37.2 Å². The van der Waals surface area contributed by atoms with Crippen molar-refractivity contribution in [3.63, 3.8) is 0 Å². The van der Waals surface area contributed by atoms with Crippen LogP contribution in [0.1, 0.15) is 17.4 Å². The molecule has 2 aromatic rings. The number of nitrogens with zero attached hydrogens (tertiary/aromatic N) is 3. The highest BCUT2D eigenvalue weighted by Crippen LogP contribution is 2.19. The first-order chi connectivity index (χ1) is 13.2. The molecule has 27 heavy (non-hydrogen) atoms. The van der Waals surface area contributed by atoms with Crippen molar-refractivity contribution in [3.05, 3.63) is 54.4 Å². The maximum Gasteiger partial charge on any atom is 0.272 e. The minimum Gasteiger partial charge on any atom is -0.378 e. The summed E-state index contributed by atoms with van der Waals surface area (Å²) < 4.78 is 5.36. The zero-order chi connectivity index (χ0) is 19.1. The average molecular weight is 368 g/mol. The van der Waals surface area contributed by atoms with Gasteiger partial charge in [0.15, 0.2) is 0 Å². The van der Waals surface area contributed by atoms with Crippen LogP contribution in [0.2, 0.25) is 0 Å². The van der Waals surface area contributed by atoms with Crippen LogP contribution in [0, 0.1) is 0 Å². The Labute approximate surface area is 158 Å². The third-order valence-electron chi connectivity index (χ3n) is 4.41. The van der Waals surface area contributed by atoms with Gasteiger partial charge in [-0.15, -0.1) is 0 Å². The van der Waals surface area contributed by atoms with Crippen molar-refractivity contribution in [1.82, 2.24) is 9.88 Å². The number of hydrogen-bond acceptors (Lipinski definition) is 5. The molecule has 0 bridgehead atoms. The van der Waals surface area contributed by atoms with E-state index in [9.17, 15) is 9.59 Å². The number of hydrogen-bond donors (Lipinski definition) is 1. The number of carbonyl (C=O) groups excluding carboxylic acids is 2. The molecule has 0 aliphatic carbocycles. The number of nitrogens with one attached hydrogen (secondary N) is 1. The summed E-state index contributed by atoms with van der Waals surface area (Å²) in [6.45, 7) is 5.45. The molecule has 7 nitrogen and oxygen atoms in total. The molecule has 1 aliphatic rings. The summed E-state index contributed by atoms with van der Waals surface area (Å²) in [5.74, 6) is -0.490. The van der Waals surface area contributed by atoms with Crippen molar-refractivity contribution >= 4 is 23.2 Å². The fourth-order valence-corrected chi connectivity index (χ4v) is 2.93. The van der Waals surface area contributed by atoms with Gasteiger partial charge in [-0.2, -0.15) is 0 Å². The molecule has 2 heterocycles. The topological polar surface area (TPSA) is 74.8 Å². The lowest BCUT2D eigenvalue weighted by molar-refractivity contribution is -0.116. The molecule has 1 aliphatic heterocycles. The fourth-order valence-electron chi connectivity index (χ4n) is 2.93. The van der Waals surface area contributed by atoms with Gasteiger partial charge in [-0.05, 0) is 43.3 Å². The van der Waals surface area contributed by atoms with Crippen LogP contribution in [0.5, 0.6) is 0 Å². The fraction of sp³-hybridized carbons (Fsp3) is 0.350. The number of anilines is 2. The summed E-state index contributed by atoms with van der Waals surface area (Å²) in [4.78, 5) is 32.6. The first-order valence-corrected chi connectivity index (χ1v) is 9.10. The Balaban J connectivity index is 1.57. The highest BCUT2D eigenvalue weighted by atomic mass is 16.5. The van der Waals surface area contributed by atoms with Gasteiger partial charge in [-0.1, -0.05) is 6.07 Å². The van der Waals surface area contributed by atoms with E-state index in [1.165, 1.54) is 4.90 Å². The Hall–Kier alpha value is -2.93. The molecule has 0 spiro atoms. The van der Waals surface area contributed by atoms with Crippen LogP contribution in [0.25, 0.3) is 0 Å². The standard InChI is InChI=1S/C20H24N4O3/c1-2-23(20(26)18-5-3-4-10-21-18)15-19(25)22-16-6-8-17(9-7-16)24-11-13-27-14-12-24/h3-10H,2,11-15H2,1H3,(H,22,25). The second kappa shape index (κ2) is 9.14. The van der Waals surface area contributed by atoms with Crippen molar-refractivity contribution in [3.8, 4) is 0 Å². The lowest BCUT2D eigenvalue weighted by atomic mass is 10.2. The minimum atomic E-state index is -0.254. The van der Waals surface area contributed by atoms with Gasteiger partial charge in [0.05, 0.1) is 13.2 Å². The van der Waals surface area contributed by atoms with E-state index in [0.717, 1.165) is 32.0 Å². The van der Waals surface area contributed by atoms with Crippen molar-refractivity contribution in [2.75, 3.05) is 49.6 Å². The summed E-state index contributed by atoms with van der Waals surface area (Å²) in [7, 11) is 0. The Morgan fingerprint density at radius 2 is 1.89 bits per heavy atom. The number of benzene rings is 1. The second-order valence-electron chi connectivity index (χ2n) is 6.23. The summed E-state index contributed by atoms with van der Waals surface area (Å²) in [6.07, 6.45) is 1.57. The molecule has 1 fully saturated rings. The largest absolute Gasteiger partial charge is 0.378 e. The first kappa shape index (κ1) is 18.8. The van der Waals surface area contributed by atoms with E-state index >= 15 is 0 Å². The van der Waals surface area contributed by atoms with Crippen LogP contribution in [0.15, 0.2) is 48.7 Å². The van der Waals surface area contributed by atoms with Crippen molar-refractivity contribution in [2.24, 2.45) is 0 Å². The number of aromatic nitrogens is 1. The molecule has 0 unspecified atom stereocenters. The molecule has 2 amide bonds. The SMILES string of the molecule is CCN(CC(=O)Nc1ccc(N2CCOCC2)cc1)C(=O)c1ccccn1. The number of rotatable bonds is 6. The number of ether oxygens (including phenoxy) is 1. The van der Waals surface area contributed by atoms with E-state index < -0.39 is 0 Å². The molecule has 142 valence electrons. The highest BCUT2D eigenvalue weighted by molar-refractivity contribution is 5.98. The van der Waals surface area contributed by atoms with Crippen LogP contribution in [-0.4, -0.2) is 61.1 Å². The van der Waals surface area contributed by atoms with Crippen LogP contribution >= 0.6 is 0 Å². The Morgan fingerprint density at radius 1 is 1.15 bits per heavy atom. The first-order valence-electron chi connectivity index (χ1n) is 9.10. The Morgan fingerprint density at radius 3 is 2.52 bits per heavy atom. The number of likely N-dealkylation sites (N-methyl/N-ethyl adjacent to an activating group) is 1. The van der Waals surface area contributed by atoms with Crippen molar-refractivity contribution in [1.29, 1.82) is 0 Å². The Bertz CT molecular complexity index is 759. The van der Waals surface area contributed by atoms with Crippen LogP contribution in [0.3, 0.4) is 0 Å². The van der Waals surface area contributed by atoms with Crippen LogP contribution < -0.4 is 10.2 Å². The molecule has 1 aromatic heterocycles. The third-order valence-corrected chi connectivity index (χ3v) is 4.41. The van der Waals surface area contributed by atoms with Gasteiger partial charge in [0.25, 0.3) is 5.91 Å². The lowest BCUT2D eigenvalue weighted by Gasteiger charge is -2.29. The molecule has 1 aromatic carbocycles. The maximum absolute atomic E-state index is 12.5. The lowest BCUT2D eigenvalue weighted by Crippen LogP contribution is -2.38. The summed E-state index contributed by atoms with van der Waals surface area (Å²) in [5.41, 5.74) is 2.15. The van der Waals surface area contributed by atoms with Gasteiger partial charge in [0.2, 0.25) is 5.91 Å². The van der Waals surface area contributed by atoms with Crippen LogP contribution in [-0.2, 0) is 9.53 Å². The molecular formula is C20H24N4O3. The van der Waals surface area contributed by atoms with Gasteiger partial charge in [0.1, 0.15) is 12.2 Å². The molecule has 0 radical (unpaired) electrons. The van der Waals surface area contributed by atoms with E-state index in [-0.39, 0.29) is 18.4 Å². The summed E-state index contributed by atoms with van der Waals surface area (Å²) in [6, 6.07) is 12.9. The normalized spacial score (nSPS) is 13.9. The second-order valence-corrected chi connectivity index (χ2v) is 6.23. The zero-order valence-electron chi connectivity index (χ0n) is 15.4. The molecule has 3 rings (SSSR count). The van der Waals surface area contributed by atoms with E-state index in [1.54, 1.807) is 24.4 Å². The number of carbonyl (C=O) groups is 2. The minimum absolute atomic E-state index is 0.0167. The third kappa shape index (κ3) is 5.04. The molecule has 7 heteroatoms. The average Bonchev–Trinajstić information content (AvgIpc) is 2.73. The number of pyridine rings is 1. The smallest absolute Gasteiger partial charge is 0.272 e. The number of amides is 2. The van der Waals surface area contributed by atoms with Crippen molar-refractivity contribution < 1.29 is 14.3 Å². The van der Waals surface area contributed by atoms with Crippen molar-refractivity contribution in [2.45, 2.75) is 6.92 Å². The van der Waals surface area contributed by atoms with Gasteiger partial charge in [-0.3, -0.25) is 14.6 Å². The predicted octanol–water partition coefficient (Wildman–Crippen LogP) is 2.02. The molecule has 1 saturated heterocycles. The van der Waals surface area contributed by atoms with E-state index in [4.69, 9.17) is 4.74 Å². The van der Waals surface area contributed by atoms with E-state index in [2.05, 4.69) is 15.2 Å². The summed E-state index contributed by atoms with van der Waals surface area (Å²) in [5, 5.41) is 2.85. The molecule has 0 saturated carbocycles. The summed E-state index contributed by atoms with van der Waals surface area (Å²) >= 11 is 0.